The summed E-state index contributed by atoms with van der Waals surface area (Å²) in [5, 5.41) is 16.0. The normalized spacial score (nSPS) is 15.4. The molecule has 1 atom stereocenters. The molecule has 67 heavy (non-hydrogen) atoms. The van der Waals surface area contributed by atoms with E-state index in [0.717, 1.165) is 11.1 Å². The summed E-state index contributed by atoms with van der Waals surface area (Å²) in [7, 11) is 0. The second-order valence-electron chi connectivity index (χ2n) is 15.6. The standard InChI is InChI=1S/C49H45ClF2N10O5/c50-33-12-15-35-37(25-33)46(44-39(51)8-4-9-40(44)52)56-26-32-27-57-49(60-45(32)35)58-34-13-10-31(11-14-34)41(61-53)28-55-20-22-67-24-23-66-21-19-54-18-2-1-5-30-6-3-7-36-38(30)29-62(48(36)65)42-16-17-43(63)59-47(42)64/h3-4,6-15,25,27-28,42,53-55H,2,16-24,26,29H2,(H,57,58,60)(H,59,63,64)/b41-28-,61-53?. The average molecular weight is 927 g/mol. The number of rotatable bonds is 18. The minimum absolute atomic E-state index is 0.100. The van der Waals surface area contributed by atoms with Crippen molar-refractivity contribution >= 4 is 52.4 Å². The van der Waals surface area contributed by atoms with Crippen molar-refractivity contribution in [1.82, 2.24) is 30.8 Å². The van der Waals surface area contributed by atoms with Crippen molar-refractivity contribution in [1.29, 1.82) is 5.53 Å². The highest BCUT2D eigenvalue weighted by atomic mass is 35.5. The van der Waals surface area contributed by atoms with E-state index in [1.54, 1.807) is 42.7 Å². The van der Waals surface area contributed by atoms with E-state index in [9.17, 15) is 23.2 Å². The van der Waals surface area contributed by atoms with Gasteiger partial charge in [0.1, 0.15) is 23.4 Å². The van der Waals surface area contributed by atoms with Crippen LogP contribution in [0.15, 0.2) is 101 Å². The number of ether oxygens (including phenoxy) is 2. The molecule has 1 saturated heterocycles. The van der Waals surface area contributed by atoms with Gasteiger partial charge < -0.3 is 30.3 Å². The van der Waals surface area contributed by atoms with Crippen LogP contribution in [0.2, 0.25) is 5.02 Å². The highest BCUT2D eigenvalue weighted by molar-refractivity contribution is 6.31. The number of fused-ring (bicyclic) bond motifs is 4. The number of aromatic nitrogens is 2. The van der Waals surface area contributed by atoms with E-state index in [2.05, 4.69) is 48.2 Å². The van der Waals surface area contributed by atoms with Crippen LogP contribution < -0.4 is 21.3 Å². The van der Waals surface area contributed by atoms with Crippen LogP contribution in [0.4, 0.5) is 20.4 Å². The number of benzene rings is 4. The average Bonchev–Trinajstić information content (AvgIpc) is 3.58. The molecule has 8 rings (SSSR count). The van der Waals surface area contributed by atoms with Crippen molar-refractivity contribution in [2.45, 2.75) is 38.4 Å². The Morgan fingerprint density at radius 3 is 2.49 bits per heavy atom. The van der Waals surface area contributed by atoms with Gasteiger partial charge in [-0.1, -0.05) is 53.8 Å². The van der Waals surface area contributed by atoms with E-state index >= 15 is 0 Å². The maximum Gasteiger partial charge on any atom is 0.255 e. The molecule has 5 aromatic rings. The number of imide groups is 1. The van der Waals surface area contributed by atoms with Gasteiger partial charge in [0.2, 0.25) is 17.8 Å². The Labute approximate surface area is 389 Å². The van der Waals surface area contributed by atoms with Gasteiger partial charge >= 0.3 is 0 Å². The number of halogens is 3. The zero-order valence-electron chi connectivity index (χ0n) is 36.1. The van der Waals surface area contributed by atoms with Crippen molar-refractivity contribution in [2.24, 2.45) is 10.1 Å². The zero-order valence-corrected chi connectivity index (χ0v) is 36.9. The molecule has 4 heterocycles. The number of hydrogen-bond donors (Lipinski definition) is 5. The molecule has 0 aliphatic carbocycles. The van der Waals surface area contributed by atoms with Gasteiger partial charge in [-0.25, -0.2) is 24.3 Å². The lowest BCUT2D eigenvalue weighted by atomic mass is 9.95. The van der Waals surface area contributed by atoms with Crippen LogP contribution in [-0.4, -0.2) is 90.4 Å². The second-order valence-corrected chi connectivity index (χ2v) is 16.0. The van der Waals surface area contributed by atoms with Gasteiger partial charge in [-0.05, 0) is 60.5 Å². The highest BCUT2D eigenvalue weighted by Crippen LogP contribution is 2.35. The zero-order chi connectivity index (χ0) is 46.7. The summed E-state index contributed by atoms with van der Waals surface area (Å²) in [4.78, 5) is 52.3. The quantitative estimate of drug-likeness (QED) is 0.0267. The molecule has 342 valence electrons. The van der Waals surface area contributed by atoms with Gasteiger partial charge in [-0.2, -0.15) is 5.11 Å². The lowest BCUT2D eigenvalue weighted by Gasteiger charge is -2.29. The van der Waals surface area contributed by atoms with Crippen LogP contribution in [0.5, 0.6) is 0 Å². The number of nitrogens with zero attached hydrogens (tertiary/aromatic N) is 5. The molecule has 4 aromatic carbocycles. The van der Waals surface area contributed by atoms with Gasteiger partial charge in [0.05, 0.1) is 49.9 Å². The summed E-state index contributed by atoms with van der Waals surface area (Å²) in [5.41, 5.74) is 13.8. The minimum Gasteiger partial charge on any atom is -0.387 e. The van der Waals surface area contributed by atoms with E-state index in [1.807, 2.05) is 30.3 Å². The molecule has 5 N–H and O–H groups in total. The van der Waals surface area contributed by atoms with E-state index < -0.39 is 23.6 Å². The van der Waals surface area contributed by atoms with Gasteiger partial charge in [0.15, 0.2) is 0 Å². The second kappa shape index (κ2) is 21.8. The van der Waals surface area contributed by atoms with Gasteiger partial charge in [-0.3, -0.25) is 24.7 Å². The molecule has 0 bridgehead atoms. The van der Waals surface area contributed by atoms with E-state index in [-0.39, 0.29) is 42.6 Å². The molecule has 3 aliphatic rings. The number of carbonyl (C=O) groups is 3. The van der Waals surface area contributed by atoms with Crippen LogP contribution in [0, 0.1) is 29.0 Å². The summed E-state index contributed by atoms with van der Waals surface area (Å²) in [6.45, 7) is 3.97. The summed E-state index contributed by atoms with van der Waals surface area (Å²) in [5.74, 6) is 4.20. The number of nitrogens with one attached hydrogen (secondary N) is 5. The molecule has 1 aromatic heterocycles. The fourth-order valence-electron chi connectivity index (χ4n) is 7.86. The fraction of sp³-hybridized carbons (Fsp3) is 0.265. The first kappa shape index (κ1) is 46.3. The SMILES string of the molecule is N=N/C(=C\NCCOCCOCCNCCC#Cc1cccc2c1CN(C1CCC(=O)NC1=O)C2=O)c1ccc(Nc2ncc3c(n2)-c2ccc(Cl)cc2C(c2c(F)cccc2F)=NC3)cc1. The molecule has 0 radical (unpaired) electrons. The maximum atomic E-state index is 14.9. The smallest absolute Gasteiger partial charge is 0.255 e. The molecule has 3 aliphatic heterocycles. The summed E-state index contributed by atoms with van der Waals surface area (Å²) in [6.07, 6.45) is 4.41. The molecular weight excluding hydrogens is 882 g/mol. The van der Waals surface area contributed by atoms with Crippen molar-refractivity contribution in [3.8, 4) is 23.1 Å². The highest BCUT2D eigenvalue weighted by Gasteiger charge is 2.39. The number of piperidine rings is 1. The molecule has 1 unspecified atom stereocenters. The summed E-state index contributed by atoms with van der Waals surface area (Å²) < 4.78 is 41.2. The maximum absolute atomic E-state index is 14.9. The third kappa shape index (κ3) is 11.1. The lowest BCUT2D eigenvalue weighted by Crippen LogP contribution is -2.52. The Kier molecular flexibility index (Phi) is 15.1. The predicted octanol–water partition coefficient (Wildman–Crippen LogP) is 6.91. The van der Waals surface area contributed by atoms with Gasteiger partial charge in [0, 0.05) is 95.5 Å². The monoisotopic (exact) mass is 926 g/mol. The Morgan fingerprint density at radius 2 is 1.72 bits per heavy atom. The van der Waals surface area contributed by atoms with Crippen LogP contribution in [0.25, 0.3) is 17.0 Å². The van der Waals surface area contributed by atoms with Gasteiger partial charge in [0.25, 0.3) is 5.91 Å². The van der Waals surface area contributed by atoms with Crippen molar-refractivity contribution < 1.29 is 32.6 Å². The van der Waals surface area contributed by atoms with Crippen molar-refractivity contribution in [3.05, 3.63) is 147 Å². The molecule has 0 spiro atoms. The molecule has 1 fully saturated rings. The van der Waals surface area contributed by atoms with E-state index in [1.165, 1.54) is 23.1 Å². The van der Waals surface area contributed by atoms with Crippen molar-refractivity contribution in [3.63, 3.8) is 0 Å². The Morgan fingerprint density at radius 1 is 0.940 bits per heavy atom. The lowest BCUT2D eigenvalue weighted by molar-refractivity contribution is -0.136. The minimum atomic E-state index is -0.732. The topological polar surface area (TPSA) is 195 Å². The molecule has 15 nitrogen and oxygen atoms in total. The Hall–Kier alpha value is -7.23. The first-order valence-corrected chi connectivity index (χ1v) is 22.0. The van der Waals surface area contributed by atoms with E-state index in [4.69, 9.17) is 31.6 Å². The molecule has 0 saturated carbocycles. The number of hydrogen-bond acceptors (Lipinski definition) is 13. The molecular formula is C49H45ClF2N10O5. The van der Waals surface area contributed by atoms with Crippen LogP contribution in [-0.2, 0) is 32.2 Å². The Balaban J connectivity index is 0.722. The van der Waals surface area contributed by atoms with Gasteiger partial charge in [-0.15, -0.1) is 0 Å². The fourth-order valence-corrected chi connectivity index (χ4v) is 8.03. The first-order valence-electron chi connectivity index (χ1n) is 21.6. The van der Waals surface area contributed by atoms with Crippen LogP contribution in [0.3, 0.4) is 0 Å². The molecule has 18 heteroatoms. The Bertz CT molecular complexity index is 2810. The third-order valence-electron chi connectivity index (χ3n) is 11.2. The number of carbonyl (C=O) groups excluding carboxylic acids is 3. The summed E-state index contributed by atoms with van der Waals surface area (Å²) >= 11 is 6.35. The number of aliphatic imine (C=N–C) groups is 1. The van der Waals surface area contributed by atoms with Crippen LogP contribution >= 0.6 is 11.6 Å². The number of amides is 3. The summed E-state index contributed by atoms with van der Waals surface area (Å²) in [6, 6.07) is 20.8. The number of anilines is 2. The van der Waals surface area contributed by atoms with E-state index in [0.29, 0.717) is 115 Å². The van der Waals surface area contributed by atoms with Crippen LogP contribution in [0.1, 0.15) is 63.0 Å². The van der Waals surface area contributed by atoms with Crippen molar-refractivity contribution in [2.75, 3.05) is 51.4 Å². The first-order chi connectivity index (χ1) is 32.7. The molecule has 3 amide bonds. The largest absolute Gasteiger partial charge is 0.387 e. The third-order valence-corrected chi connectivity index (χ3v) is 11.4. The predicted molar refractivity (Wildman–Crippen MR) is 248 cm³/mol.